The SMILES string of the molecule is NC(=O)CNC(=O)COC(=O)CCSc1ccc(Cl)cc1. The Hall–Kier alpha value is -1.73. The van der Waals surface area contributed by atoms with Crippen LogP contribution in [0.25, 0.3) is 0 Å². The van der Waals surface area contributed by atoms with Gasteiger partial charge in [0.1, 0.15) is 0 Å². The van der Waals surface area contributed by atoms with Gasteiger partial charge in [-0.2, -0.15) is 0 Å². The first-order valence-corrected chi connectivity index (χ1v) is 7.42. The summed E-state index contributed by atoms with van der Waals surface area (Å²) >= 11 is 7.25. The van der Waals surface area contributed by atoms with Crippen molar-refractivity contribution in [1.82, 2.24) is 5.32 Å². The highest BCUT2D eigenvalue weighted by molar-refractivity contribution is 7.99. The lowest BCUT2D eigenvalue weighted by atomic mass is 10.4. The number of halogens is 1. The van der Waals surface area contributed by atoms with E-state index in [2.05, 4.69) is 5.32 Å². The predicted molar refractivity (Wildman–Crippen MR) is 80.0 cm³/mol. The Balaban J connectivity index is 2.15. The molecule has 0 radical (unpaired) electrons. The third kappa shape index (κ3) is 8.21. The van der Waals surface area contributed by atoms with Crippen LogP contribution < -0.4 is 11.1 Å². The Labute approximate surface area is 131 Å². The summed E-state index contributed by atoms with van der Waals surface area (Å²) in [6.07, 6.45) is 0.177. The second kappa shape index (κ2) is 9.25. The van der Waals surface area contributed by atoms with E-state index in [0.29, 0.717) is 10.8 Å². The van der Waals surface area contributed by atoms with E-state index in [1.165, 1.54) is 11.8 Å². The topological polar surface area (TPSA) is 98.5 Å². The fraction of sp³-hybridized carbons (Fsp3) is 0.308. The van der Waals surface area contributed by atoms with Crippen molar-refractivity contribution in [3.63, 3.8) is 0 Å². The zero-order valence-corrected chi connectivity index (χ0v) is 12.7. The summed E-state index contributed by atoms with van der Waals surface area (Å²) in [4.78, 5) is 34.0. The number of nitrogens with one attached hydrogen (secondary N) is 1. The summed E-state index contributed by atoms with van der Waals surface area (Å²) in [7, 11) is 0. The second-order valence-electron chi connectivity index (χ2n) is 3.96. The van der Waals surface area contributed by atoms with E-state index in [1.54, 1.807) is 12.1 Å². The highest BCUT2D eigenvalue weighted by Gasteiger charge is 2.08. The summed E-state index contributed by atoms with van der Waals surface area (Å²) < 4.78 is 4.76. The average molecular weight is 331 g/mol. The van der Waals surface area contributed by atoms with Crippen LogP contribution in [0.1, 0.15) is 6.42 Å². The first-order valence-electron chi connectivity index (χ1n) is 6.06. The molecule has 0 aromatic heterocycles. The van der Waals surface area contributed by atoms with Crippen molar-refractivity contribution in [3.8, 4) is 0 Å². The fourth-order valence-corrected chi connectivity index (χ4v) is 2.20. The summed E-state index contributed by atoms with van der Waals surface area (Å²) in [5.74, 6) is -1.17. The summed E-state index contributed by atoms with van der Waals surface area (Å²) in [5, 5.41) is 2.87. The predicted octanol–water partition coefficient (Wildman–Crippen LogP) is 0.967. The van der Waals surface area contributed by atoms with Gasteiger partial charge in [0, 0.05) is 15.7 Å². The van der Waals surface area contributed by atoms with Gasteiger partial charge >= 0.3 is 5.97 Å². The van der Waals surface area contributed by atoms with E-state index in [9.17, 15) is 14.4 Å². The maximum Gasteiger partial charge on any atom is 0.307 e. The van der Waals surface area contributed by atoms with Gasteiger partial charge in [0.25, 0.3) is 5.91 Å². The van der Waals surface area contributed by atoms with Crippen LogP contribution in [0, 0.1) is 0 Å². The van der Waals surface area contributed by atoms with Crippen molar-refractivity contribution in [2.45, 2.75) is 11.3 Å². The fourth-order valence-electron chi connectivity index (χ4n) is 1.24. The third-order valence-electron chi connectivity index (χ3n) is 2.21. The molecule has 1 aromatic carbocycles. The van der Waals surface area contributed by atoms with Crippen LogP contribution in [0.5, 0.6) is 0 Å². The highest BCUT2D eigenvalue weighted by atomic mass is 35.5. The molecular formula is C13H15ClN2O4S. The number of rotatable bonds is 8. The van der Waals surface area contributed by atoms with Crippen LogP contribution >= 0.6 is 23.4 Å². The molecule has 1 aromatic rings. The van der Waals surface area contributed by atoms with Crippen molar-refractivity contribution >= 4 is 41.1 Å². The molecule has 8 heteroatoms. The van der Waals surface area contributed by atoms with Gasteiger partial charge in [-0.3, -0.25) is 14.4 Å². The molecule has 114 valence electrons. The van der Waals surface area contributed by atoms with Crippen LogP contribution in [0.15, 0.2) is 29.2 Å². The molecular weight excluding hydrogens is 316 g/mol. The summed E-state index contributed by atoms with van der Waals surface area (Å²) in [6.45, 7) is -0.694. The van der Waals surface area contributed by atoms with Crippen molar-refractivity contribution in [3.05, 3.63) is 29.3 Å². The molecule has 0 saturated heterocycles. The minimum absolute atomic E-state index is 0.177. The maximum atomic E-state index is 11.4. The Morgan fingerprint density at radius 2 is 1.90 bits per heavy atom. The Morgan fingerprint density at radius 3 is 2.52 bits per heavy atom. The quantitative estimate of drug-likeness (QED) is 0.546. The molecule has 0 aliphatic carbocycles. The molecule has 0 aliphatic rings. The monoisotopic (exact) mass is 330 g/mol. The number of nitrogens with two attached hydrogens (primary N) is 1. The zero-order chi connectivity index (χ0) is 15.7. The number of amides is 2. The normalized spacial score (nSPS) is 9.95. The Morgan fingerprint density at radius 1 is 1.24 bits per heavy atom. The number of hydrogen-bond donors (Lipinski definition) is 2. The largest absolute Gasteiger partial charge is 0.456 e. The van der Waals surface area contributed by atoms with Crippen LogP contribution in [0.2, 0.25) is 5.02 Å². The Bertz CT molecular complexity index is 507. The minimum Gasteiger partial charge on any atom is -0.456 e. The lowest BCUT2D eigenvalue weighted by Gasteiger charge is -2.05. The number of carbonyl (C=O) groups excluding carboxylic acids is 3. The molecule has 0 aliphatic heterocycles. The van der Waals surface area contributed by atoms with Crippen molar-refractivity contribution in [2.24, 2.45) is 5.73 Å². The van der Waals surface area contributed by atoms with E-state index in [1.807, 2.05) is 12.1 Å². The molecule has 0 spiro atoms. The lowest BCUT2D eigenvalue weighted by molar-refractivity contribution is -0.148. The van der Waals surface area contributed by atoms with Gasteiger partial charge in [-0.1, -0.05) is 11.6 Å². The second-order valence-corrected chi connectivity index (χ2v) is 5.56. The molecule has 3 N–H and O–H groups in total. The molecule has 21 heavy (non-hydrogen) atoms. The maximum absolute atomic E-state index is 11.4. The molecule has 0 unspecified atom stereocenters. The standard InChI is InChI=1S/C13H15ClN2O4S/c14-9-1-3-10(4-2-9)21-6-5-13(19)20-8-12(18)16-7-11(15)17/h1-4H,5-8H2,(H2,15,17)(H,16,18). The number of hydrogen-bond acceptors (Lipinski definition) is 5. The van der Waals surface area contributed by atoms with Gasteiger partial charge in [-0.25, -0.2) is 0 Å². The molecule has 0 heterocycles. The summed E-state index contributed by atoms with van der Waals surface area (Å²) in [6, 6.07) is 7.25. The van der Waals surface area contributed by atoms with Gasteiger partial charge in [0.05, 0.1) is 13.0 Å². The first-order chi connectivity index (χ1) is 9.97. The number of esters is 1. The third-order valence-corrected chi connectivity index (χ3v) is 3.48. The van der Waals surface area contributed by atoms with Gasteiger partial charge in [-0.05, 0) is 24.3 Å². The van der Waals surface area contributed by atoms with Crippen LogP contribution in [0.3, 0.4) is 0 Å². The Kier molecular flexibility index (Phi) is 7.63. The van der Waals surface area contributed by atoms with Gasteiger partial charge in [0.15, 0.2) is 6.61 Å². The average Bonchev–Trinajstić information content (AvgIpc) is 2.45. The van der Waals surface area contributed by atoms with Gasteiger partial charge in [0.2, 0.25) is 5.91 Å². The van der Waals surface area contributed by atoms with E-state index >= 15 is 0 Å². The van der Waals surface area contributed by atoms with Crippen molar-refractivity contribution in [2.75, 3.05) is 18.9 Å². The van der Waals surface area contributed by atoms with Gasteiger partial charge < -0.3 is 15.8 Å². The smallest absolute Gasteiger partial charge is 0.307 e. The van der Waals surface area contributed by atoms with Crippen LogP contribution in [0.4, 0.5) is 0 Å². The van der Waals surface area contributed by atoms with E-state index in [4.69, 9.17) is 22.1 Å². The molecule has 1 rings (SSSR count). The van der Waals surface area contributed by atoms with Crippen LogP contribution in [-0.4, -0.2) is 36.7 Å². The molecule has 0 saturated carbocycles. The van der Waals surface area contributed by atoms with Gasteiger partial charge in [-0.15, -0.1) is 11.8 Å². The van der Waals surface area contributed by atoms with Crippen molar-refractivity contribution in [1.29, 1.82) is 0 Å². The van der Waals surface area contributed by atoms with E-state index in [-0.39, 0.29) is 13.0 Å². The minimum atomic E-state index is -0.658. The molecule has 0 bridgehead atoms. The molecule has 0 atom stereocenters. The van der Waals surface area contributed by atoms with Crippen molar-refractivity contribution < 1.29 is 19.1 Å². The number of ether oxygens (including phenoxy) is 1. The zero-order valence-electron chi connectivity index (χ0n) is 11.1. The molecule has 6 nitrogen and oxygen atoms in total. The number of carbonyl (C=O) groups is 3. The van der Waals surface area contributed by atoms with E-state index < -0.39 is 24.4 Å². The summed E-state index contributed by atoms with van der Waals surface area (Å²) in [5.41, 5.74) is 4.85. The molecule has 0 fully saturated rings. The number of primary amides is 1. The highest BCUT2D eigenvalue weighted by Crippen LogP contribution is 2.20. The lowest BCUT2D eigenvalue weighted by Crippen LogP contribution is -2.36. The van der Waals surface area contributed by atoms with Crippen LogP contribution in [-0.2, 0) is 19.1 Å². The number of benzene rings is 1. The molecule has 2 amide bonds. The number of thioether (sulfide) groups is 1. The first kappa shape index (κ1) is 17.3. The van der Waals surface area contributed by atoms with E-state index in [0.717, 1.165) is 4.90 Å².